The average Bonchev–Trinajstić information content (AvgIpc) is 2.74. The van der Waals surface area contributed by atoms with E-state index >= 15 is 0 Å². The minimum Gasteiger partial charge on any atom is -0.444 e. The van der Waals surface area contributed by atoms with Crippen LogP contribution in [-0.2, 0) is 22.5 Å². The minimum absolute atomic E-state index is 0.0291. The number of benzene rings is 2. The summed E-state index contributed by atoms with van der Waals surface area (Å²) in [5.74, 6) is 0. The molecule has 4 nitrogen and oxygen atoms in total. The third-order valence-electron chi connectivity index (χ3n) is 5.85. The van der Waals surface area contributed by atoms with Gasteiger partial charge >= 0.3 is 6.09 Å². The van der Waals surface area contributed by atoms with E-state index in [0.29, 0.717) is 19.8 Å². The molecule has 0 aliphatic carbocycles. The van der Waals surface area contributed by atoms with Crippen LogP contribution in [0.5, 0.6) is 0 Å². The standard InChI is InChI=1S/C27H37NO3/c1-26(2,3)31-25(29)28-19-11-18-27(21-28,17-10-16-23-12-6-4-7-13-23)22-30-20-24-14-8-5-9-15-24/h4-9,12-15H,10-11,16-22H2,1-3H3. The van der Waals surface area contributed by atoms with Crippen LogP contribution in [0.1, 0.15) is 57.6 Å². The van der Waals surface area contributed by atoms with E-state index in [1.165, 1.54) is 11.1 Å². The van der Waals surface area contributed by atoms with Gasteiger partial charge in [-0.2, -0.15) is 0 Å². The molecular formula is C27H37NO3. The first kappa shape index (κ1) is 23.3. The molecule has 1 heterocycles. The van der Waals surface area contributed by atoms with E-state index in [-0.39, 0.29) is 11.5 Å². The van der Waals surface area contributed by atoms with Crippen molar-refractivity contribution >= 4 is 6.09 Å². The van der Waals surface area contributed by atoms with Crippen LogP contribution in [0.2, 0.25) is 0 Å². The zero-order chi connectivity index (χ0) is 22.2. The molecule has 31 heavy (non-hydrogen) atoms. The highest BCUT2D eigenvalue weighted by atomic mass is 16.6. The number of carbonyl (C=O) groups excluding carboxylic acids is 1. The largest absolute Gasteiger partial charge is 0.444 e. The fraction of sp³-hybridized carbons (Fsp3) is 0.519. The van der Waals surface area contributed by atoms with Crippen molar-refractivity contribution in [2.24, 2.45) is 5.41 Å². The van der Waals surface area contributed by atoms with Crippen molar-refractivity contribution in [1.82, 2.24) is 4.90 Å². The van der Waals surface area contributed by atoms with E-state index in [1.807, 2.05) is 43.9 Å². The second-order valence-electron chi connectivity index (χ2n) is 9.82. The van der Waals surface area contributed by atoms with Crippen LogP contribution in [0.15, 0.2) is 60.7 Å². The SMILES string of the molecule is CC(C)(C)OC(=O)N1CCCC(CCCc2ccccc2)(COCc2ccccc2)C1. The first-order chi connectivity index (χ1) is 14.9. The summed E-state index contributed by atoms with van der Waals surface area (Å²) in [5, 5.41) is 0. The van der Waals surface area contributed by atoms with Crippen LogP contribution in [0, 0.1) is 5.41 Å². The Hall–Kier alpha value is -2.33. The quantitative estimate of drug-likeness (QED) is 0.504. The molecule has 1 amide bonds. The molecule has 2 aromatic rings. The van der Waals surface area contributed by atoms with Crippen LogP contribution < -0.4 is 0 Å². The highest BCUT2D eigenvalue weighted by Crippen LogP contribution is 2.36. The average molecular weight is 424 g/mol. The third-order valence-corrected chi connectivity index (χ3v) is 5.85. The zero-order valence-electron chi connectivity index (χ0n) is 19.3. The van der Waals surface area contributed by atoms with Crippen molar-refractivity contribution < 1.29 is 14.3 Å². The number of likely N-dealkylation sites (tertiary alicyclic amines) is 1. The first-order valence-electron chi connectivity index (χ1n) is 11.5. The number of carbonyl (C=O) groups is 1. The lowest BCUT2D eigenvalue weighted by Crippen LogP contribution is -2.49. The molecule has 0 bridgehead atoms. The second-order valence-corrected chi connectivity index (χ2v) is 9.82. The Morgan fingerprint density at radius 1 is 1.00 bits per heavy atom. The van der Waals surface area contributed by atoms with Crippen LogP contribution in [0.3, 0.4) is 0 Å². The Labute approximate surface area is 187 Å². The first-order valence-corrected chi connectivity index (χ1v) is 11.5. The lowest BCUT2D eigenvalue weighted by Gasteiger charge is -2.43. The van der Waals surface area contributed by atoms with Gasteiger partial charge in [0.05, 0.1) is 13.2 Å². The summed E-state index contributed by atoms with van der Waals surface area (Å²) in [5.41, 5.74) is 2.04. The van der Waals surface area contributed by atoms with Crippen LogP contribution >= 0.6 is 0 Å². The number of amides is 1. The molecule has 0 saturated carbocycles. The topological polar surface area (TPSA) is 38.8 Å². The molecule has 1 aliphatic rings. The summed E-state index contributed by atoms with van der Waals surface area (Å²) < 4.78 is 11.9. The molecule has 4 heteroatoms. The summed E-state index contributed by atoms with van der Waals surface area (Å²) in [6, 6.07) is 20.9. The second kappa shape index (κ2) is 10.8. The number of piperidine rings is 1. The van der Waals surface area contributed by atoms with Gasteiger partial charge in [0.25, 0.3) is 0 Å². The van der Waals surface area contributed by atoms with Crippen molar-refractivity contribution in [3.8, 4) is 0 Å². The van der Waals surface area contributed by atoms with Crippen LogP contribution in [0.25, 0.3) is 0 Å². The monoisotopic (exact) mass is 423 g/mol. The Morgan fingerprint density at radius 2 is 1.65 bits per heavy atom. The molecule has 1 aliphatic heterocycles. The molecule has 0 N–H and O–H groups in total. The van der Waals surface area contributed by atoms with E-state index in [9.17, 15) is 4.79 Å². The van der Waals surface area contributed by atoms with Gasteiger partial charge in [0, 0.05) is 18.5 Å². The van der Waals surface area contributed by atoms with Crippen molar-refractivity contribution in [1.29, 1.82) is 0 Å². The van der Waals surface area contributed by atoms with E-state index in [4.69, 9.17) is 9.47 Å². The normalized spacial score (nSPS) is 19.3. The molecule has 168 valence electrons. The predicted octanol–water partition coefficient (Wildman–Crippen LogP) is 6.24. The molecule has 3 rings (SSSR count). The maximum Gasteiger partial charge on any atom is 0.410 e. The van der Waals surface area contributed by atoms with E-state index in [0.717, 1.165) is 38.6 Å². The predicted molar refractivity (Wildman–Crippen MR) is 125 cm³/mol. The summed E-state index contributed by atoms with van der Waals surface area (Å²) >= 11 is 0. The van der Waals surface area contributed by atoms with Gasteiger partial charge < -0.3 is 14.4 Å². The molecule has 2 aromatic carbocycles. The Morgan fingerprint density at radius 3 is 2.29 bits per heavy atom. The molecule has 1 saturated heterocycles. The molecule has 0 aromatic heterocycles. The van der Waals surface area contributed by atoms with E-state index in [1.54, 1.807) is 0 Å². The zero-order valence-corrected chi connectivity index (χ0v) is 19.3. The summed E-state index contributed by atoms with van der Waals surface area (Å²) in [6.45, 7) is 8.49. The van der Waals surface area contributed by atoms with Crippen LogP contribution in [0.4, 0.5) is 4.79 Å². The fourth-order valence-electron chi connectivity index (χ4n) is 4.36. The van der Waals surface area contributed by atoms with Crippen molar-refractivity contribution in [3.63, 3.8) is 0 Å². The van der Waals surface area contributed by atoms with Crippen LogP contribution in [-0.4, -0.2) is 36.3 Å². The van der Waals surface area contributed by atoms with Crippen molar-refractivity contribution in [2.45, 2.75) is 65.1 Å². The van der Waals surface area contributed by atoms with Gasteiger partial charge in [0.2, 0.25) is 0 Å². The number of hydrogen-bond acceptors (Lipinski definition) is 3. The molecule has 0 radical (unpaired) electrons. The highest BCUT2D eigenvalue weighted by Gasteiger charge is 2.38. The number of nitrogens with zero attached hydrogens (tertiary/aromatic N) is 1. The van der Waals surface area contributed by atoms with Crippen molar-refractivity contribution in [2.75, 3.05) is 19.7 Å². The molecule has 1 unspecified atom stereocenters. The Bertz CT molecular complexity index is 753. The smallest absolute Gasteiger partial charge is 0.410 e. The molecule has 0 spiro atoms. The lowest BCUT2D eigenvalue weighted by molar-refractivity contribution is -0.0328. The Balaban J connectivity index is 1.64. The third kappa shape index (κ3) is 7.70. The van der Waals surface area contributed by atoms with Crippen molar-refractivity contribution in [3.05, 3.63) is 71.8 Å². The molecule has 1 fully saturated rings. The molecule has 1 atom stereocenters. The van der Waals surface area contributed by atoms with E-state index in [2.05, 4.69) is 42.5 Å². The van der Waals surface area contributed by atoms with Gasteiger partial charge in [-0.3, -0.25) is 0 Å². The fourth-order valence-corrected chi connectivity index (χ4v) is 4.36. The highest BCUT2D eigenvalue weighted by molar-refractivity contribution is 5.68. The molecular weight excluding hydrogens is 386 g/mol. The lowest BCUT2D eigenvalue weighted by atomic mass is 9.76. The number of hydrogen-bond donors (Lipinski definition) is 0. The number of ether oxygens (including phenoxy) is 2. The van der Waals surface area contributed by atoms with Gasteiger partial charge in [-0.05, 0) is 64.0 Å². The summed E-state index contributed by atoms with van der Waals surface area (Å²) in [7, 11) is 0. The summed E-state index contributed by atoms with van der Waals surface area (Å²) in [6.07, 6.45) is 5.03. The maximum atomic E-state index is 12.8. The summed E-state index contributed by atoms with van der Waals surface area (Å²) in [4.78, 5) is 14.6. The number of aryl methyl sites for hydroxylation is 1. The number of rotatable bonds is 8. The van der Waals surface area contributed by atoms with Gasteiger partial charge in [-0.15, -0.1) is 0 Å². The maximum absolute atomic E-state index is 12.8. The van der Waals surface area contributed by atoms with E-state index < -0.39 is 5.60 Å². The Kier molecular flexibility index (Phi) is 8.14. The minimum atomic E-state index is -0.478. The van der Waals surface area contributed by atoms with Gasteiger partial charge in [-0.25, -0.2) is 4.79 Å². The van der Waals surface area contributed by atoms with Gasteiger partial charge in [0.15, 0.2) is 0 Å². The van der Waals surface area contributed by atoms with Gasteiger partial charge in [-0.1, -0.05) is 60.7 Å². The van der Waals surface area contributed by atoms with Gasteiger partial charge in [0.1, 0.15) is 5.60 Å².